The number of ether oxygens (including phenoxy) is 2. The summed E-state index contributed by atoms with van der Waals surface area (Å²) >= 11 is 0. The van der Waals surface area contributed by atoms with Gasteiger partial charge in [0, 0.05) is 25.4 Å². The zero-order valence-corrected chi connectivity index (χ0v) is 18.0. The number of benzene rings is 2. The Labute approximate surface area is 178 Å². The molecule has 2 aromatic rings. The Balaban J connectivity index is 1.74. The number of nitrogens with one attached hydrogen (secondary N) is 3. The number of nitrogens with zero attached hydrogens (tertiary/aromatic N) is 1. The van der Waals surface area contributed by atoms with Crippen molar-refractivity contribution in [2.45, 2.75) is 32.9 Å². The lowest BCUT2D eigenvalue weighted by Crippen LogP contribution is -2.38. The van der Waals surface area contributed by atoms with Crippen molar-refractivity contribution in [2.24, 2.45) is 4.99 Å². The summed E-state index contributed by atoms with van der Waals surface area (Å²) in [6.45, 7) is 6.88. The molecule has 0 saturated heterocycles. The molecule has 162 valence electrons. The predicted molar refractivity (Wildman–Crippen MR) is 121 cm³/mol. The number of guanidine groups is 1. The van der Waals surface area contributed by atoms with Gasteiger partial charge in [0.25, 0.3) is 0 Å². The van der Waals surface area contributed by atoms with Gasteiger partial charge in [0.1, 0.15) is 0 Å². The van der Waals surface area contributed by atoms with Crippen LogP contribution in [0.1, 0.15) is 37.5 Å². The zero-order valence-electron chi connectivity index (χ0n) is 18.0. The minimum absolute atomic E-state index is 0.0877. The minimum atomic E-state index is -0.485. The van der Waals surface area contributed by atoms with E-state index in [9.17, 15) is 4.79 Å². The van der Waals surface area contributed by atoms with Gasteiger partial charge in [-0.05, 0) is 43.5 Å². The van der Waals surface area contributed by atoms with Crippen molar-refractivity contribution in [3.63, 3.8) is 0 Å². The highest BCUT2D eigenvalue weighted by Gasteiger charge is 2.05. The molecule has 2 rings (SSSR count). The maximum atomic E-state index is 11.2. The summed E-state index contributed by atoms with van der Waals surface area (Å²) in [7, 11) is 1.34. The number of rotatable bonds is 10. The molecule has 0 spiro atoms. The molecular formula is C23H32N4O3. The SMILES string of the molecule is CCNC(=NCc1ccc(NC(=O)OC)cc1)NCCCOC(C)c1ccccc1. The maximum Gasteiger partial charge on any atom is 0.411 e. The van der Waals surface area contributed by atoms with E-state index in [1.54, 1.807) is 0 Å². The number of methoxy groups -OCH3 is 1. The summed E-state index contributed by atoms with van der Waals surface area (Å²) in [4.78, 5) is 15.8. The van der Waals surface area contributed by atoms with Gasteiger partial charge in [0.15, 0.2) is 5.96 Å². The zero-order chi connectivity index (χ0) is 21.6. The summed E-state index contributed by atoms with van der Waals surface area (Å²) in [5.74, 6) is 0.769. The van der Waals surface area contributed by atoms with Crippen LogP contribution in [-0.4, -0.2) is 38.9 Å². The van der Waals surface area contributed by atoms with Crippen LogP contribution < -0.4 is 16.0 Å². The maximum absolute atomic E-state index is 11.2. The first-order valence-electron chi connectivity index (χ1n) is 10.2. The summed E-state index contributed by atoms with van der Waals surface area (Å²) in [5.41, 5.74) is 2.92. The molecule has 1 atom stereocenters. The fourth-order valence-corrected chi connectivity index (χ4v) is 2.73. The van der Waals surface area contributed by atoms with E-state index in [1.165, 1.54) is 12.7 Å². The third-order valence-electron chi connectivity index (χ3n) is 4.40. The molecule has 0 aliphatic heterocycles. The standard InChI is InChI=1S/C23H32N4O3/c1-4-24-22(25-15-8-16-30-18(2)20-9-6-5-7-10-20)26-17-19-11-13-21(14-12-19)27-23(28)29-3/h5-7,9-14,18H,4,8,15-17H2,1-3H3,(H,27,28)(H2,24,25,26). The van der Waals surface area contributed by atoms with Crippen molar-refractivity contribution in [3.8, 4) is 0 Å². The first-order chi connectivity index (χ1) is 14.6. The first-order valence-corrected chi connectivity index (χ1v) is 10.2. The molecule has 0 heterocycles. The molecule has 0 fully saturated rings. The second kappa shape index (κ2) is 13.2. The summed E-state index contributed by atoms with van der Waals surface area (Å²) in [6.07, 6.45) is 0.487. The first kappa shape index (κ1) is 23.2. The smallest absolute Gasteiger partial charge is 0.411 e. The molecule has 1 unspecified atom stereocenters. The van der Waals surface area contributed by atoms with Gasteiger partial charge >= 0.3 is 6.09 Å². The summed E-state index contributed by atoms with van der Waals surface area (Å²) in [5, 5.41) is 9.21. The fourth-order valence-electron chi connectivity index (χ4n) is 2.73. The van der Waals surface area contributed by atoms with Crippen LogP contribution in [0.3, 0.4) is 0 Å². The number of hydrogen-bond acceptors (Lipinski definition) is 4. The van der Waals surface area contributed by atoms with Crippen LogP contribution in [0, 0.1) is 0 Å². The number of hydrogen-bond donors (Lipinski definition) is 3. The minimum Gasteiger partial charge on any atom is -0.453 e. The third kappa shape index (κ3) is 8.53. The monoisotopic (exact) mass is 412 g/mol. The van der Waals surface area contributed by atoms with Crippen LogP contribution in [0.2, 0.25) is 0 Å². The molecule has 0 aliphatic carbocycles. The fraction of sp³-hybridized carbons (Fsp3) is 0.391. The number of amides is 1. The van der Waals surface area contributed by atoms with Gasteiger partial charge in [0.05, 0.1) is 19.8 Å². The lowest BCUT2D eigenvalue weighted by Gasteiger charge is -2.14. The van der Waals surface area contributed by atoms with E-state index in [-0.39, 0.29) is 6.10 Å². The van der Waals surface area contributed by atoms with Crippen molar-refractivity contribution in [1.82, 2.24) is 10.6 Å². The Morgan fingerprint density at radius 3 is 2.47 bits per heavy atom. The largest absolute Gasteiger partial charge is 0.453 e. The number of anilines is 1. The van der Waals surface area contributed by atoms with Crippen LogP contribution in [-0.2, 0) is 16.0 Å². The highest BCUT2D eigenvalue weighted by Crippen LogP contribution is 2.15. The molecule has 0 aromatic heterocycles. The molecule has 0 aliphatic rings. The van der Waals surface area contributed by atoms with Gasteiger partial charge in [-0.3, -0.25) is 5.32 Å². The van der Waals surface area contributed by atoms with Gasteiger partial charge in [0.2, 0.25) is 0 Å². The lowest BCUT2D eigenvalue weighted by molar-refractivity contribution is 0.0646. The highest BCUT2D eigenvalue weighted by atomic mass is 16.5. The van der Waals surface area contributed by atoms with Crippen LogP contribution in [0.5, 0.6) is 0 Å². The van der Waals surface area contributed by atoms with Crippen LogP contribution in [0.15, 0.2) is 59.6 Å². The van der Waals surface area contributed by atoms with Gasteiger partial charge in [-0.25, -0.2) is 9.79 Å². The molecule has 7 nitrogen and oxygen atoms in total. The van der Waals surface area contributed by atoms with Crippen LogP contribution >= 0.6 is 0 Å². The third-order valence-corrected chi connectivity index (χ3v) is 4.40. The van der Waals surface area contributed by atoms with E-state index in [4.69, 9.17) is 4.74 Å². The van der Waals surface area contributed by atoms with Crippen molar-refractivity contribution in [2.75, 3.05) is 32.1 Å². The second-order valence-corrected chi connectivity index (χ2v) is 6.71. The Morgan fingerprint density at radius 1 is 1.07 bits per heavy atom. The number of carbonyl (C=O) groups excluding carboxylic acids is 1. The van der Waals surface area contributed by atoms with Gasteiger partial charge in [-0.15, -0.1) is 0 Å². The molecule has 30 heavy (non-hydrogen) atoms. The van der Waals surface area contributed by atoms with E-state index >= 15 is 0 Å². The molecule has 1 amide bonds. The van der Waals surface area contributed by atoms with Crippen molar-refractivity contribution >= 4 is 17.7 Å². The van der Waals surface area contributed by atoms with Crippen LogP contribution in [0.25, 0.3) is 0 Å². The lowest BCUT2D eigenvalue weighted by atomic mass is 10.1. The number of aliphatic imine (C=N–C) groups is 1. The Morgan fingerprint density at radius 2 is 1.80 bits per heavy atom. The molecular weight excluding hydrogens is 380 g/mol. The topological polar surface area (TPSA) is 84.0 Å². The van der Waals surface area contributed by atoms with E-state index < -0.39 is 6.09 Å². The quantitative estimate of drug-likeness (QED) is 0.311. The Kier molecular flexibility index (Phi) is 10.2. The molecule has 2 aromatic carbocycles. The van der Waals surface area contributed by atoms with Gasteiger partial charge in [-0.1, -0.05) is 42.5 Å². The highest BCUT2D eigenvalue weighted by molar-refractivity contribution is 5.84. The number of carbonyl (C=O) groups is 1. The molecule has 3 N–H and O–H groups in total. The van der Waals surface area contributed by atoms with Crippen molar-refractivity contribution in [3.05, 3.63) is 65.7 Å². The normalized spacial score (nSPS) is 12.2. The summed E-state index contributed by atoms with van der Waals surface area (Å²) in [6, 6.07) is 17.7. The molecule has 0 radical (unpaired) electrons. The van der Waals surface area contributed by atoms with E-state index in [2.05, 4.69) is 44.7 Å². The van der Waals surface area contributed by atoms with Crippen molar-refractivity contribution in [1.29, 1.82) is 0 Å². The van der Waals surface area contributed by atoms with E-state index in [0.717, 1.165) is 31.0 Å². The van der Waals surface area contributed by atoms with E-state index in [0.29, 0.717) is 18.8 Å². The van der Waals surface area contributed by atoms with Gasteiger partial charge in [-0.2, -0.15) is 0 Å². The Hall–Kier alpha value is -3.06. The molecule has 7 heteroatoms. The van der Waals surface area contributed by atoms with E-state index in [1.807, 2.05) is 49.4 Å². The average molecular weight is 413 g/mol. The van der Waals surface area contributed by atoms with Gasteiger partial charge < -0.3 is 20.1 Å². The molecule has 0 saturated carbocycles. The Bertz CT molecular complexity index is 779. The van der Waals surface area contributed by atoms with Crippen LogP contribution in [0.4, 0.5) is 10.5 Å². The average Bonchev–Trinajstić information content (AvgIpc) is 2.78. The second-order valence-electron chi connectivity index (χ2n) is 6.71. The predicted octanol–water partition coefficient (Wildman–Crippen LogP) is 4.09. The summed E-state index contributed by atoms with van der Waals surface area (Å²) < 4.78 is 10.5. The van der Waals surface area contributed by atoms with Crippen molar-refractivity contribution < 1.29 is 14.3 Å². The molecule has 0 bridgehead atoms.